The van der Waals surface area contributed by atoms with E-state index in [0.717, 1.165) is 5.56 Å². The zero-order valence-corrected chi connectivity index (χ0v) is 11.1. The van der Waals surface area contributed by atoms with Crippen molar-refractivity contribution >= 4 is 11.9 Å². The molecule has 0 spiro atoms. The van der Waals surface area contributed by atoms with Gasteiger partial charge in [-0.25, -0.2) is 0 Å². The Morgan fingerprint density at radius 3 is 2.42 bits per heavy atom. The Bertz CT molecular complexity index is 462. The summed E-state index contributed by atoms with van der Waals surface area (Å²) in [5.74, 6) is 0.374. The number of nitrogens with two attached hydrogens (primary N) is 1. The molecule has 19 heavy (non-hydrogen) atoms. The van der Waals surface area contributed by atoms with Crippen LogP contribution in [-0.4, -0.2) is 29.9 Å². The zero-order valence-electron chi connectivity index (χ0n) is 11.1. The fourth-order valence-electron chi connectivity index (χ4n) is 2.16. The molecule has 0 atom stereocenters. The van der Waals surface area contributed by atoms with Crippen LogP contribution in [0.3, 0.4) is 0 Å². The third-order valence-corrected chi connectivity index (χ3v) is 3.41. The van der Waals surface area contributed by atoms with Gasteiger partial charge in [-0.15, -0.1) is 0 Å². The van der Waals surface area contributed by atoms with Gasteiger partial charge in [0.25, 0.3) is 0 Å². The Kier molecular flexibility index (Phi) is 4.04. The molecule has 5 heteroatoms. The number of benzene rings is 1. The van der Waals surface area contributed by atoms with Crippen molar-refractivity contribution in [2.45, 2.75) is 19.8 Å². The molecule has 0 saturated carbocycles. The third-order valence-electron chi connectivity index (χ3n) is 3.41. The first-order chi connectivity index (χ1) is 9.06. The molecule has 1 aliphatic heterocycles. The molecule has 0 radical (unpaired) electrons. The number of hydrogen-bond acceptors (Lipinski definition) is 3. The van der Waals surface area contributed by atoms with Crippen LogP contribution in [-0.2, 0) is 4.79 Å². The van der Waals surface area contributed by atoms with Crippen LogP contribution >= 0.6 is 0 Å². The highest BCUT2D eigenvalue weighted by molar-refractivity contribution is 5.77. The summed E-state index contributed by atoms with van der Waals surface area (Å²) < 4.78 is 5.36. The molecule has 5 nitrogen and oxygen atoms in total. The molecule has 0 aromatic heterocycles. The lowest BCUT2D eigenvalue weighted by molar-refractivity contribution is -0.140. The SMILES string of the molecule is Cc1ccc(OC(=O)C2CCN(C(=N)N)CC2)cc1. The van der Waals surface area contributed by atoms with Crippen molar-refractivity contribution in [2.24, 2.45) is 11.7 Å². The first-order valence-corrected chi connectivity index (χ1v) is 6.43. The molecule has 1 saturated heterocycles. The minimum Gasteiger partial charge on any atom is -0.426 e. The second kappa shape index (κ2) is 5.73. The molecule has 0 bridgehead atoms. The van der Waals surface area contributed by atoms with Crippen LogP contribution in [0.1, 0.15) is 18.4 Å². The lowest BCUT2D eigenvalue weighted by Gasteiger charge is -2.30. The van der Waals surface area contributed by atoms with E-state index in [-0.39, 0.29) is 17.8 Å². The van der Waals surface area contributed by atoms with E-state index in [4.69, 9.17) is 15.9 Å². The number of ether oxygens (including phenoxy) is 1. The van der Waals surface area contributed by atoms with Gasteiger partial charge < -0.3 is 15.4 Å². The molecule has 0 aliphatic carbocycles. The number of aryl methyl sites for hydroxylation is 1. The van der Waals surface area contributed by atoms with Crippen molar-refractivity contribution in [2.75, 3.05) is 13.1 Å². The number of esters is 1. The number of nitrogens with one attached hydrogen (secondary N) is 1. The lowest BCUT2D eigenvalue weighted by Crippen LogP contribution is -2.44. The number of nitrogens with zero attached hydrogens (tertiary/aromatic N) is 1. The number of rotatable bonds is 2. The molecular weight excluding hydrogens is 242 g/mol. The second-order valence-corrected chi connectivity index (χ2v) is 4.88. The Morgan fingerprint density at radius 1 is 1.32 bits per heavy atom. The van der Waals surface area contributed by atoms with Crippen molar-refractivity contribution < 1.29 is 9.53 Å². The first-order valence-electron chi connectivity index (χ1n) is 6.43. The van der Waals surface area contributed by atoms with Gasteiger partial charge in [-0.1, -0.05) is 17.7 Å². The Balaban J connectivity index is 1.88. The number of guanidine groups is 1. The summed E-state index contributed by atoms with van der Waals surface area (Å²) in [5.41, 5.74) is 6.55. The molecule has 102 valence electrons. The first kappa shape index (κ1) is 13.4. The van der Waals surface area contributed by atoms with Crippen molar-refractivity contribution in [1.82, 2.24) is 4.90 Å². The van der Waals surface area contributed by atoms with E-state index < -0.39 is 0 Å². The second-order valence-electron chi connectivity index (χ2n) is 4.88. The summed E-state index contributed by atoms with van der Waals surface area (Å²) in [7, 11) is 0. The van der Waals surface area contributed by atoms with E-state index in [1.807, 2.05) is 19.1 Å². The van der Waals surface area contributed by atoms with Crippen LogP contribution in [0.15, 0.2) is 24.3 Å². The minimum absolute atomic E-state index is 0.0744. The van der Waals surface area contributed by atoms with Gasteiger partial charge in [0.05, 0.1) is 5.92 Å². The van der Waals surface area contributed by atoms with Gasteiger partial charge in [-0.2, -0.15) is 0 Å². The Hall–Kier alpha value is -2.04. The maximum atomic E-state index is 12.0. The predicted octanol–water partition coefficient (Wildman–Crippen LogP) is 1.51. The van der Waals surface area contributed by atoms with E-state index in [1.165, 1.54) is 0 Å². The summed E-state index contributed by atoms with van der Waals surface area (Å²) in [6, 6.07) is 7.44. The fraction of sp³-hybridized carbons (Fsp3) is 0.429. The number of carbonyl (C=O) groups excluding carboxylic acids is 1. The van der Waals surface area contributed by atoms with Gasteiger partial charge in [0.2, 0.25) is 0 Å². The lowest BCUT2D eigenvalue weighted by atomic mass is 9.97. The number of likely N-dealkylation sites (tertiary alicyclic amines) is 1. The van der Waals surface area contributed by atoms with Gasteiger partial charge >= 0.3 is 5.97 Å². The number of hydrogen-bond donors (Lipinski definition) is 2. The standard InChI is InChI=1S/C14H19N3O2/c1-10-2-4-12(5-3-10)19-13(18)11-6-8-17(9-7-11)14(15)16/h2-5,11H,6-9H2,1H3,(H3,15,16). The molecule has 1 aromatic carbocycles. The molecule has 1 aromatic rings. The Morgan fingerprint density at radius 2 is 1.89 bits per heavy atom. The van der Waals surface area contributed by atoms with Crippen molar-refractivity contribution in [1.29, 1.82) is 5.41 Å². The maximum Gasteiger partial charge on any atom is 0.314 e. The van der Waals surface area contributed by atoms with Crippen LogP contribution in [0.4, 0.5) is 0 Å². The molecule has 1 aliphatic rings. The third kappa shape index (κ3) is 3.47. The highest BCUT2D eigenvalue weighted by Gasteiger charge is 2.26. The maximum absolute atomic E-state index is 12.0. The van der Waals surface area contributed by atoms with E-state index in [9.17, 15) is 4.79 Å². The van der Waals surface area contributed by atoms with E-state index in [1.54, 1.807) is 17.0 Å². The number of carbonyl (C=O) groups is 1. The van der Waals surface area contributed by atoms with E-state index in [0.29, 0.717) is 31.7 Å². The minimum atomic E-state index is -0.188. The Labute approximate surface area is 112 Å². The zero-order chi connectivity index (χ0) is 13.8. The van der Waals surface area contributed by atoms with Crippen molar-refractivity contribution in [3.63, 3.8) is 0 Å². The molecule has 1 fully saturated rings. The summed E-state index contributed by atoms with van der Waals surface area (Å²) >= 11 is 0. The van der Waals surface area contributed by atoms with Crippen molar-refractivity contribution in [3.05, 3.63) is 29.8 Å². The molecular formula is C14H19N3O2. The molecule has 0 unspecified atom stereocenters. The number of piperidine rings is 1. The highest BCUT2D eigenvalue weighted by atomic mass is 16.5. The van der Waals surface area contributed by atoms with Crippen molar-refractivity contribution in [3.8, 4) is 5.75 Å². The van der Waals surface area contributed by atoms with E-state index >= 15 is 0 Å². The summed E-state index contributed by atoms with van der Waals surface area (Å²) in [6.45, 7) is 3.27. The van der Waals surface area contributed by atoms with Gasteiger partial charge in [-0.3, -0.25) is 10.2 Å². The highest BCUT2D eigenvalue weighted by Crippen LogP contribution is 2.20. The normalized spacial score (nSPS) is 16.2. The van der Waals surface area contributed by atoms with E-state index in [2.05, 4.69) is 0 Å². The quantitative estimate of drug-likeness (QED) is 0.366. The van der Waals surface area contributed by atoms with Gasteiger partial charge in [0.15, 0.2) is 5.96 Å². The van der Waals surface area contributed by atoms with Crippen LogP contribution < -0.4 is 10.5 Å². The van der Waals surface area contributed by atoms with Gasteiger partial charge in [-0.05, 0) is 31.9 Å². The molecule has 1 heterocycles. The average molecular weight is 261 g/mol. The fourth-order valence-corrected chi connectivity index (χ4v) is 2.16. The van der Waals surface area contributed by atoms with Gasteiger partial charge in [0.1, 0.15) is 5.75 Å². The summed E-state index contributed by atoms with van der Waals surface area (Å²) in [5, 5.41) is 7.35. The average Bonchev–Trinajstić information content (AvgIpc) is 2.41. The summed E-state index contributed by atoms with van der Waals surface area (Å²) in [4.78, 5) is 13.8. The predicted molar refractivity (Wildman–Crippen MR) is 73.0 cm³/mol. The van der Waals surface area contributed by atoms with Crippen LogP contribution in [0.25, 0.3) is 0 Å². The van der Waals surface area contributed by atoms with Gasteiger partial charge in [0, 0.05) is 13.1 Å². The molecule has 0 amide bonds. The van der Waals surface area contributed by atoms with Crippen LogP contribution in [0.2, 0.25) is 0 Å². The molecule has 3 N–H and O–H groups in total. The topological polar surface area (TPSA) is 79.4 Å². The van der Waals surface area contributed by atoms with Crippen LogP contribution in [0, 0.1) is 18.3 Å². The monoisotopic (exact) mass is 261 g/mol. The summed E-state index contributed by atoms with van der Waals surface area (Å²) in [6.07, 6.45) is 1.37. The molecule has 2 rings (SSSR count). The smallest absolute Gasteiger partial charge is 0.314 e. The largest absolute Gasteiger partial charge is 0.426 e. The van der Waals surface area contributed by atoms with Crippen LogP contribution in [0.5, 0.6) is 5.75 Å².